The van der Waals surface area contributed by atoms with E-state index in [9.17, 15) is 9.59 Å². The number of piperidine rings is 1. The van der Waals surface area contributed by atoms with E-state index in [2.05, 4.69) is 26.1 Å². The van der Waals surface area contributed by atoms with Crippen LogP contribution in [0.4, 0.5) is 0 Å². The Hall–Kier alpha value is -0.900. The van der Waals surface area contributed by atoms with Crippen molar-refractivity contribution in [1.82, 2.24) is 10.2 Å². The van der Waals surface area contributed by atoms with Gasteiger partial charge in [-0.1, -0.05) is 20.8 Å². The van der Waals surface area contributed by atoms with Crippen molar-refractivity contribution in [2.75, 3.05) is 13.1 Å². The molecule has 3 atom stereocenters. The first-order valence-corrected chi connectivity index (χ1v) is 7.99. The number of likely N-dealkylation sites (tertiary alicyclic amines) is 1. The molecule has 20 heavy (non-hydrogen) atoms. The highest BCUT2D eigenvalue weighted by Crippen LogP contribution is 2.43. The smallest absolute Gasteiger partial charge is 0.233 e. The Morgan fingerprint density at radius 3 is 2.35 bits per heavy atom. The summed E-state index contributed by atoms with van der Waals surface area (Å²) in [4.78, 5) is 26.6. The maximum atomic E-state index is 12.5. The van der Waals surface area contributed by atoms with Gasteiger partial charge in [0, 0.05) is 12.6 Å². The molecular formula is C16H26N2O2. The fourth-order valence-electron chi connectivity index (χ4n) is 4.29. The van der Waals surface area contributed by atoms with Crippen molar-refractivity contribution in [2.45, 2.75) is 52.5 Å². The van der Waals surface area contributed by atoms with Gasteiger partial charge in [-0.25, -0.2) is 0 Å². The summed E-state index contributed by atoms with van der Waals surface area (Å²) >= 11 is 0. The van der Waals surface area contributed by atoms with Crippen LogP contribution in [0, 0.1) is 23.2 Å². The first-order valence-electron chi connectivity index (χ1n) is 7.99. The number of hydrogen-bond donors (Lipinski definition) is 1. The van der Waals surface area contributed by atoms with E-state index in [1.807, 2.05) is 0 Å². The largest absolute Gasteiger partial charge is 0.312 e. The third kappa shape index (κ3) is 2.18. The lowest BCUT2D eigenvalue weighted by Crippen LogP contribution is -2.54. The van der Waals surface area contributed by atoms with Crippen LogP contribution in [-0.2, 0) is 9.59 Å². The molecule has 4 heteroatoms. The maximum absolute atomic E-state index is 12.5. The molecule has 1 aliphatic carbocycles. The summed E-state index contributed by atoms with van der Waals surface area (Å²) < 4.78 is 0. The molecule has 1 N–H and O–H groups in total. The van der Waals surface area contributed by atoms with Gasteiger partial charge in [0.05, 0.1) is 11.8 Å². The topological polar surface area (TPSA) is 49.4 Å². The minimum atomic E-state index is -0.0239. The van der Waals surface area contributed by atoms with Gasteiger partial charge in [0.15, 0.2) is 0 Å². The number of imide groups is 1. The number of fused-ring (bicyclic) bond motifs is 1. The molecule has 1 saturated carbocycles. The van der Waals surface area contributed by atoms with Crippen LogP contribution in [0.2, 0.25) is 0 Å². The summed E-state index contributed by atoms with van der Waals surface area (Å²) in [7, 11) is 0. The number of amides is 2. The van der Waals surface area contributed by atoms with E-state index in [1.54, 1.807) is 4.90 Å². The average molecular weight is 278 g/mol. The van der Waals surface area contributed by atoms with Gasteiger partial charge in [0.2, 0.25) is 11.8 Å². The van der Waals surface area contributed by atoms with Gasteiger partial charge >= 0.3 is 0 Å². The Bertz CT molecular complexity index is 408. The van der Waals surface area contributed by atoms with Gasteiger partial charge in [0.1, 0.15) is 0 Å². The van der Waals surface area contributed by atoms with E-state index < -0.39 is 0 Å². The van der Waals surface area contributed by atoms with Gasteiger partial charge in [-0.05, 0) is 43.6 Å². The van der Waals surface area contributed by atoms with Crippen molar-refractivity contribution in [3.63, 3.8) is 0 Å². The number of rotatable bonds is 2. The number of carbonyl (C=O) groups is 2. The fraction of sp³-hybridized carbons (Fsp3) is 0.875. The van der Waals surface area contributed by atoms with Crippen molar-refractivity contribution in [2.24, 2.45) is 23.2 Å². The third-order valence-electron chi connectivity index (χ3n) is 5.66. The normalized spacial score (nSPS) is 40.2. The summed E-state index contributed by atoms with van der Waals surface area (Å²) in [5.74, 6) is 0.651. The quantitative estimate of drug-likeness (QED) is 0.784. The zero-order chi connectivity index (χ0) is 14.5. The standard InChI is InChI=1S/C16H26N2O2/c1-10-7-11-12(8-10)15(20)18(14(11)19)9-13-16(2,3)5-4-6-17-13/h10-13,17H,4-9H2,1-3H3. The summed E-state index contributed by atoms with van der Waals surface area (Å²) in [6, 6.07) is 0.236. The van der Waals surface area contributed by atoms with Crippen LogP contribution >= 0.6 is 0 Å². The highest BCUT2D eigenvalue weighted by molar-refractivity contribution is 6.05. The molecule has 0 bridgehead atoms. The fourth-order valence-corrected chi connectivity index (χ4v) is 4.29. The van der Waals surface area contributed by atoms with E-state index >= 15 is 0 Å². The molecule has 3 unspecified atom stereocenters. The molecule has 3 rings (SSSR count). The van der Waals surface area contributed by atoms with Crippen molar-refractivity contribution in [1.29, 1.82) is 0 Å². The molecule has 0 spiro atoms. The van der Waals surface area contributed by atoms with Crippen LogP contribution in [0.15, 0.2) is 0 Å². The molecule has 3 aliphatic rings. The Balaban J connectivity index is 1.72. The SMILES string of the molecule is CC1CC2C(=O)N(CC3NCCCC3(C)C)C(=O)C2C1. The third-order valence-corrected chi connectivity index (χ3v) is 5.66. The number of carbonyl (C=O) groups excluding carboxylic acids is 2. The van der Waals surface area contributed by atoms with E-state index in [-0.39, 0.29) is 35.1 Å². The number of nitrogens with one attached hydrogen (secondary N) is 1. The van der Waals surface area contributed by atoms with E-state index in [4.69, 9.17) is 0 Å². The second-order valence-electron chi connectivity index (χ2n) is 7.68. The van der Waals surface area contributed by atoms with Crippen LogP contribution < -0.4 is 5.32 Å². The van der Waals surface area contributed by atoms with Gasteiger partial charge in [-0.2, -0.15) is 0 Å². The summed E-state index contributed by atoms with van der Waals surface area (Å²) in [6.07, 6.45) is 4.12. The molecular weight excluding hydrogens is 252 g/mol. The highest BCUT2D eigenvalue weighted by Gasteiger charge is 2.52. The molecule has 0 aromatic rings. The molecule has 2 saturated heterocycles. The molecule has 0 aromatic carbocycles. The van der Waals surface area contributed by atoms with Crippen molar-refractivity contribution in [3.8, 4) is 0 Å². The lowest BCUT2D eigenvalue weighted by molar-refractivity contribution is -0.141. The Labute approximate surface area is 121 Å². The molecule has 3 fully saturated rings. The number of hydrogen-bond acceptors (Lipinski definition) is 3. The first kappa shape index (κ1) is 14.1. The summed E-state index contributed by atoms with van der Waals surface area (Å²) in [5.41, 5.74) is 0.157. The Morgan fingerprint density at radius 2 is 1.80 bits per heavy atom. The molecule has 0 aromatic heterocycles. The van der Waals surface area contributed by atoms with E-state index in [1.165, 1.54) is 6.42 Å². The van der Waals surface area contributed by atoms with Crippen molar-refractivity contribution < 1.29 is 9.59 Å². The Morgan fingerprint density at radius 1 is 1.20 bits per heavy atom. The van der Waals surface area contributed by atoms with Crippen molar-refractivity contribution in [3.05, 3.63) is 0 Å². The van der Waals surface area contributed by atoms with Crippen LogP contribution in [-0.4, -0.2) is 35.8 Å². The zero-order valence-corrected chi connectivity index (χ0v) is 12.8. The molecule has 4 nitrogen and oxygen atoms in total. The van der Waals surface area contributed by atoms with Gasteiger partial charge < -0.3 is 5.32 Å². The second-order valence-corrected chi connectivity index (χ2v) is 7.68. The molecule has 112 valence electrons. The predicted molar refractivity (Wildman–Crippen MR) is 76.9 cm³/mol. The predicted octanol–water partition coefficient (Wildman–Crippen LogP) is 1.80. The van der Waals surface area contributed by atoms with Crippen LogP contribution in [0.25, 0.3) is 0 Å². The van der Waals surface area contributed by atoms with Gasteiger partial charge in [-0.3, -0.25) is 14.5 Å². The highest BCUT2D eigenvalue weighted by atomic mass is 16.2. The van der Waals surface area contributed by atoms with Crippen LogP contribution in [0.5, 0.6) is 0 Å². The number of nitrogens with zero attached hydrogens (tertiary/aromatic N) is 1. The zero-order valence-electron chi connectivity index (χ0n) is 12.8. The minimum Gasteiger partial charge on any atom is -0.312 e. The van der Waals surface area contributed by atoms with E-state index in [0.717, 1.165) is 25.8 Å². The molecule has 2 heterocycles. The van der Waals surface area contributed by atoms with Gasteiger partial charge in [0.25, 0.3) is 0 Å². The lowest BCUT2D eigenvalue weighted by atomic mass is 9.77. The molecule has 0 radical (unpaired) electrons. The molecule has 2 aliphatic heterocycles. The summed E-state index contributed by atoms with van der Waals surface area (Å²) in [5, 5.41) is 3.51. The Kier molecular flexibility index (Phi) is 3.39. The average Bonchev–Trinajstić information content (AvgIpc) is 2.85. The van der Waals surface area contributed by atoms with Crippen molar-refractivity contribution >= 4 is 11.8 Å². The second kappa shape index (κ2) is 4.83. The van der Waals surface area contributed by atoms with Gasteiger partial charge in [-0.15, -0.1) is 0 Å². The maximum Gasteiger partial charge on any atom is 0.233 e. The van der Waals surface area contributed by atoms with Crippen LogP contribution in [0.3, 0.4) is 0 Å². The first-order chi connectivity index (χ1) is 9.40. The van der Waals surface area contributed by atoms with Crippen LogP contribution in [0.1, 0.15) is 46.5 Å². The van der Waals surface area contributed by atoms with E-state index in [0.29, 0.717) is 12.5 Å². The lowest BCUT2D eigenvalue weighted by Gasteiger charge is -2.41. The summed E-state index contributed by atoms with van der Waals surface area (Å²) in [6.45, 7) is 8.17. The molecule has 2 amide bonds. The minimum absolute atomic E-state index is 0.0239. The monoisotopic (exact) mass is 278 g/mol.